The molecule has 0 aliphatic heterocycles. The monoisotopic (exact) mass is 174 g/mol. The van der Waals surface area contributed by atoms with Gasteiger partial charge in [0.15, 0.2) is 0 Å². The topological polar surface area (TPSA) is 38.0 Å². The van der Waals surface area contributed by atoms with Crippen LogP contribution in [0.1, 0.15) is 0 Å². The van der Waals surface area contributed by atoms with Gasteiger partial charge in [-0.25, -0.2) is 4.98 Å². The van der Waals surface area contributed by atoms with Gasteiger partial charge in [-0.15, -0.1) is 0 Å². The number of phenols is 1. The highest BCUT2D eigenvalue weighted by molar-refractivity contribution is 5.66. The summed E-state index contributed by atoms with van der Waals surface area (Å²) in [4.78, 5) is 3.99. The van der Waals surface area contributed by atoms with Gasteiger partial charge in [0.05, 0.1) is 18.2 Å². The highest BCUT2D eigenvalue weighted by Crippen LogP contribution is 2.27. The highest BCUT2D eigenvalue weighted by atomic mass is 16.3. The lowest BCUT2D eigenvalue weighted by atomic mass is 10.1. The number of nitrogens with zero attached hydrogens (tertiary/aromatic N) is 2. The van der Waals surface area contributed by atoms with E-state index in [2.05, 4.69) is 4.98 Å². The molecule has 0 saturated heterocycles. The second-order valence-corrected chi connectivity index (χ2v) is 2.91. The average Bonchev–Trinajstić information content (AvgIpc) is 2.52. The second-order valence-electron chi connectivity index (χ2n) is 2.91. The van der Waals surface area contributed by atoms with E-state index >= 15 is 0 Å². The standard InChI is InChI=1S/C10H10N2O/c1-12-7-11-6-9(12)8-4-2-3-5-10(8)13/h2-7,13H,1H3. The first-order chi connectivity index (χ1) is 6.29. The number of phenolic OH excluding ortho intramolecular Hbond substituents is 1. The molecule has 3 nitrogen and oxygen atoms in total. The van der Waals surface area contributed by atoms with Gasteiger partial charge in [-0.2, -0.15) is 0 Å². The molecule has 13 heavy (non-hydrogen) atoms. The molecule has 0 bridgehead atoms. The number of aromatic nitrogens is 2. The number of aromatic hydroxyl groups is 1. The van der Waals surface area contributed by atoms with Gasteiger partial charge in [0.25, 0.3) is 0 Å². The lowest BCUT2D eigenvalue weighted by Crippen LogP contribution is -1.88. The van der Waals surface area contributed by atoms with Crippen molar-refractivity contribution in [2.45, 2.75) is 0 Å². The third kappa shape index (κ3) is 1.28. The summed E-state index contributed by atoms with van der Waals surface area (Å²) in [5, 5.41) is 9.57. The van der Waals surface area contributed by atoms with Crippen LogP contribution in [0.3, 0.4) is 0 Å². The van der Waals surface area contributed by atoms with E-state index in [-0.39, 0.29) is 5.75 Å². The van der Waals surface area contributed by atoms with Crippen LogP contribution in [0.5, 0.6) is 5.75 Å². The van der Waals surface area contributed by atoms with Gasteiger partial charge < -0.3 is 9.67 Å². The fourth-order valence-electron chi connectivity index (χ4n) is 1.31. The molecule has 0 unspecified atom stereocenters. The maximum Gasteiger partial charge on any atom is 0.124 e. The summed E-state index contributed by atoms with van der Waals surface area (Å²) in [5.41, 5.74) is 1.72. The van der Waals surface area contributed by atoms with Crippen molar-refractivity contribution < 1.29 is 5.11 Å². The molecule has 0 aliphatic rings. The number of aryl methyl sites for hydroxylation is 1. The molecule has 0 saturated carbocycles. The first-order valence-electron chi connectivity index (χ1n) is 4.04. The molecular formula is C10H10N2O. The number of para-hydroxylation sites is 1. The fraction of sp³-hybridized carbons (Fsp3) is 0.100. The molecule has 3 heteroatoms. The number of imidazole rings is 1. The average molecular weight is 174 g/mol. The Labute approximate surface area is 76.3 Å². The van der Waals surface area contributed by atoms with Crippen LogP contribution in [0.4, 0.5) is 0 Å². The van der Waals surface area contributed by atoms with Crippen molar-refractivity contribution in [3.63, 3.8) is 0 Å². The van der Waals surface area contributed by atoms with Gasteiger partial charge in [0.2, 0.25) is 0 Å². The molecule has 0 fully saturated rings. The van der Waals surface area contributed by atoms with Crippen LogP contribution in [0.25, 0.3) is 11.3 Å². The van der Waals surface area contributed by atoms with Gasteiger partial charge in [0, 0.05) is 12.6 Å². The van der Waals surface area contributed by atoms with Crippen molar-refractivity contribution in [2.24, 2.45) is 7.05 Å². The van der Waals surface area contributed by atoms with E-state index < -0.39 is 0 Å². The Balaban J connectivity index is 2.59. The Kier molecular flexibility index (Phi) is 1.77. The summed E-state index contributed by atoms with van der Waals surface area (Å²) in [6, 6.07) is 7.23. The third-order valence-corrected chi connectivity index (χ3v) is 2.00. The van der Waals surface area contributed by atoms with Crippen molar-refractivity contribution in [1.82, 2.24) is 9.55 Å². The Morgan fingerprint density at radius 3 is 2.69 bits per heavy atom. The van der Waals surface area contributed by atoms with Crippen LogP contribution >= 0.6 is 0 Å². The maximum atomic E-state index is 9.57. The Hall–Kier alpha value is -1.77. The molecule has 0 atom stereocenters. The summed E-state index contributed by atoms with van der Waals surface area (Å²) in [6.45, 7) is 0. The molecule has 2 aromatic rings. The zero-order valence-corrected chi connectivity index (χ0v) is 7.31. The van der Waals surface area contributed by atoms with Crippen LogP contribution in [-0.4, -0.2) is 14.7 Å². The van der Waals surface area contributed by atoms with Crippen molar-refractivity contribution in [3.05, 3.63) is 36.8 Å². The molecule has 2 rings (SSSR count). The predicted molar refractivity (Wildman–Crippen MR) is 50.3 cm³/mol. The maximum absolute atomic E-state index is 9.57. The molecule has 0 aliphatic carbocycles. The highest BCUT2D eigenvalue weighted by Gasteiger charge is 2.05. The van der Waals surface area contributed by atoms with Gasteiger partial charge >= 0.3 is 0 Å². The van der Waals surface area contributed by atoms with Crippen molar-refractivity contribution in [2.75, 3.05) is 0 Å². The summed E-state index contributed by atoms with van der Waals surface area (Å²) >= 11 is 0. The minimum Gasteiger partial charge on any atom is -0.507 e. The van der Waals surface area contributed by atoms with Crippen molar-refractivity contribution in [1.29, 1.82) is 0 Å². The smallest absolute Gasteiger partial charge is 0.124 e. The third-order valence-electron chi connectivity index (χ3n) is 2.00. The van der Waals surface area contributed by atoms with Gasteiger partial charge in [0.1, 0.15) is 5.75 Å². The minimum atomic E-state index is 0.283. The van der Waals surface area contributed by atoms with Gasteiger partial charge in [-0.1, -0.05) is 12.1 Å². The van der Waals surface area contributed by atoms with E-state index in [1.54, 1.807) is 24.7 Å². The number of hydrogen-bond acceptors (Lipinski definition) is 2. The number of benzene rings is 1. The quantitative estimate of drug-likeness (QED) is 0.715. The van der Waals surface area contributed by atoms with Crippen LogP contribution in [0.15, 0.2) is 36.8 Å². The largest absolute Gasteiger partial charge is 0.507 e. The first kappa shape index (κ1) is 7.86. The molecule has 1 aromatic heterocycles. The van der Waals surface area contributed by atoms with E-state index in [0.717, 1.165) is 11.3 Å². The normalized spacial score (nSPS) is 10.2. The molecule has 0 radical (unpaired) electrons. The Bertz CT molecular complexity index is 420. The zero-order chi connectivity index (χ0) is 9.26. The van der Waals surface area contributed by atoms with Gasteiger partial charge in [-0.05, 0) is 12.1 Å². The van der Waals surface area contributed by atoms with E-state index in [4.69, 9.17) is 0 Å². The molecule has 66 valence electrons. The summed E-state index contributed by atoms with van der Waals surface area (Å²) in [6.07, 6.45) is 3.44. The van der Waals surface area contributed by atoms with E-state index in [1.807, 2.05) is 23.7 Å². The number of hydrogen-bond donors (Lipinski definition) is 1. The number of rotatable bonds is 1. The molecule has 1 aromatic carbocycles. The predicted octanol–water partition coefficient (Wildman–Crippen LogP) is 1.79. The van der Waals surface area contributed by atoms with E-state index in [1.165, 1.54) is 0 Å². The molecule has 1 N–H and O–H groups in total. The molecule has 1 heterocycles. The molecule has 0 spiro atoms. The minimum absolute atomic E-state index is 0.283. The van der Waals surface area contributed by atoms with Crippen LogP contribution in [-0.2, 0) is 7.05 Å². The van der Waals surface area contributed by atoms with Crippen molar-refractivity contribution in [3.8, 4) is 17.0 Å². The SMILES string of the molecule is Cn1cncc1-c1ccccc1O. The second kappa shape index (κ2) is 2.94. The fourth-order valence-corrected chi connectivity index (χ4v) is 1.31. The summed E-state index contributed by atoms with van der Waals surface area (Å²) in [7, 11) is 1.90. The van der Waals surface area contributed by atoms with E-state index in [9.17, 15) is 5.11 Å². The van der Waals surface area contributed by atoms with Gasteiger partial charge in [-0.3, -0.25) is 0 Å². The lowest BCUT2D eigenvalue weighted by Gasteiger charge is -2.03. The molecular weight excluding hydrogens is 164 g/mol. The zero-order valence-electron chi connectivity index (χ0n) is 7.31. The van der Waals surface area contributed by atoms with E-state index in [0.29, 0.717) is 0 Å². The van der Waals surface area contributed by atoms with Crippen LogP contribution in [0, 0.1) is 0 Å². The summed E-state index contributed by atoms with van der Waals surface area (Å²) < 4.78 is 1.87. The Morgan fingerprint density at radius 2 is 2.08 bits per heavy atom. The Morgan fingerprint density at radius 1 is 1.31 bits per heavy atom. The summed E-state index contributed by atoms with van der Waals surface area (Å²) in [5.74, 6) is 0.283. The first-order valence-corrected chi connectivity index (χ1v) is 4.04. The van der Waals surface area contributed by atoms with Crippen molar-refractivity contribution >= 4 is 0 Å². The van der Waals surface area contributed by atoms with Crippen LogP contribution < -0.4 is 0 Å². The van der Waals surface area contributed by atoms with Crippen LogP contribution in [0.2, 0.25) is 0 Å². The lowest BCUT2D eigenvalue weighted by molar-refractivity contribution is 0.477. The molecule has 0 amide bonds.